The highest BCUT2D eigenvalue weighted by Crippen LogP contribution is 2.57. The summed E-state index contributed by atoms with van der Waals surface area (Å²) in [7, 11) is 1.40. The maximum atomic E-state index is 12.8. The van der Waals surface area contributed by atoms with E-state index in [9.17, 15) is 14.4 Å². The van der Waals surface area contributed by atoms with E-state index in [1.165, 1.54) is 14.0 Å². The molecular formula is C20H24O5. The first-order valence-corrected chi connectivity index (χ1v) is 8.67. The number of ketones is 1. The van der Waals surface area contributed by atoms with E-state index < -0.39 is 11.4 Å². The van der Waals surface area contributed by atoms with E-state index in [4.69, 9.17) is 9.47 Å². The van der Waals surface area contributed by atoms with Gasteiger partial charge in [-0.25, -0.2) is 0 Å². The van der Waals surface area contributed by atoms with Crippen molar-refractivity contribution in [2.24, 2.45) is 11.3 Å². The molecule has 0 N–H and O–H groups in total. The number of carbonyl (C=O) groups excluding carboxylic acids is 3. The Bertz CT molecular complexity index is 752. The molecule has 0 amide bonds. The number of Topliss-reactive ketones (excluding diaryl/α,β-unsaturated/α-hetero) is 1. The summed E-state index contributed by atoms with van der Waals surface area (Å²) in [4.78, 5) is 36.6. The van der Waals surface area contributed by atoms with E-state index in [1.807, 2.05) is 6.92 Å². The Hall–Kier alpha value is -2.17. The number of benzene rings is 1. The molecule has 5 heteroatoms. The van der Waals surface area contributed by atoms with Crippen LogP contribution in [-0.2, 0) is 19.7 Å². The van der Waals surface area contributed by atoms with Crippen LogP contribution in [0, 0.1) is 11.3 Å². The first kappa shape index (κ1) is 17.6. The van der Waals surface area contributed by atoms with Gasteiger partial charge in [0.15, 0.2) is 5.78 Å². The van der Waals surface area contributed by atoms with E-state index in [0.717, 1.165) is 18.4 Å². The second-order valence-electron chi connectivity index (χ2n) is 7.66. The molecule has 2 aliphatic rings. The van der Waals surface area contributed by atoms with Gasteiger partial charge in [0.05, 0.1) is 12.5 Å². The summed E-state index contributed by atoms with van der Waals surface area (Å²) in [5.74, 6) is -0.313. The molecule has 1 aromatic carbocycles. The SMILES string of the molecule is COC(=O)[C@@]1(C)CCC[C@]2(C)c3cc(OC(C)=O)ccc3C(=O)C[C@@H]12. The third kappa shape index (κ3) is 2.66. The normalized spacial score (nSPS) is 30.9. The lowest BCUT2D eigenvalue weighted by Crippen LogP contribution is -2.53. The molecule has 1 aromatic rings. The van der Waals surface area contributed by atoms with Crippen LogP contribution in [0.5, 0.6) is 5.75 Å². The zero-order valence-corrected chi connectivity index (χ0v) is 15.2. The molecule has 0 bridgehead atoms. The summed E-state index contributed by atoms with van der Waals surface area (Å²) in [5, 5.41) is 0. The summed E-state index contributed by atoms with van der Waals surface area (Å²) >= 11 is 0. The van der Waals surface area contributed by atoms with Gasteiger partial charge in [0, 0.05) is 18.9 Å². The van der Waals surface area contributed by atoms with Gasteiger partial charge in [-0.1, -0.05) is 13.3 Å². The number of carbonyl (C=O) groups is 3. The van der Waals surface area contributed by atoms with Gasteiger partial charge in [0.2, 0.25) is 0 Å². The molecule has 134 valence electrons. The van der Waals surface area contributed by atoms with Crippen molar-refractivity contribution in [3.63, 3.8) is 0 Å². The van der Waals surface area contributed by atoms with Gasteiger partial charge in [-0.3, -0.25) is 14.4 Å². The summed E-state index contributed by atoms with van der Waals surface area (Å²) in [6.45, 7) is 5.37. The number of methoxy groups -OCH3 is 1. The van der Waals surface area contributed by atoms with E-state index in [0.29, 0.717) is 24.2 Å². The van der Waals surface area contributed by atoms with Crippen LogP contribution >= 0.6 is 0 Å². The van der Waals surface area contributed by atoms with E-state index >= 15 is 0 Å². The zero-order valence-electron chi connectivity index (χ0n) is 15.2. The van der Waals surface area contributed by atoms with Crippen LogP contribution in [0.3, 0.4) is 0 Å². The number of rotatable bonds is 2. The molecule has 5 nitrogen and oxygen atoms in total. The van der Waals surface area contributed by atoms with Crippen LogP contribution in [0.1, 0.15) is 62.4 Å². The highest BCUT2D eigenvalue weighted by Gasteiger charge is 2.57. The second kappa shape index (κ2) is 5.97. The lowest BCUT2D eigenvalue weighted by atomic mass is 9.49. The van der Waals surface area contributed by atoms with Crippen molar-refractivity contribution < 1.29 is 23.9 Å². The quantitative estimate of drug-likeness (QED) is 0.607. The number of fused-ring (bicyclic) bond motifs is 3. The van der Waals surface area contributed by atoms with Crippen LogP contribution in [0.2, 0.25) is 0 Å². The van der Waals surface area contributed by atoms with Gasteiger partial charge in [0.25, 0.3) is 0 Å². The Labute approximate surface area is 147 Å². The lowest BCUT2D eigenvalue weighted by Gasteiger charge is -2.53. The minimum Gasteiger partial charge on any atom is -0.469 e. The van der Waals surface area contributed by atoms with Crippen molar-refractivity contribution in [1.82, 2.24) is 0 Å². The average molecular weight is 344 g/mol. The predicted molar refractivity (Wildman–Crippen MR) is 91.5 cm³/mol. The predicted octanol–water partition coefficient (Wildman–Crippen LogP) is 3.44. The Morgan fingerprint density at radius 2 is 1.92 bits per heavy atom. The van der Waals surface area contributed by atoms with Crippen molar-refractivity contribution >= 4 is 17.7 Å². The average Bonchev–Trinajstić information content (AvgIpc) is 2.56. The fraction of sp³-hybridized carbons (Fsp3) is 0.550. The number of hydrogen-bond acceptors (Lipinski definition) is 5. The van der Waals surface area contributed by atoms with Crippen molar-refractivity contribution in [3.05, 3.63) is 29.3 Å². The van der Waals surface area contributed by atoms with Crippen molar-refractivity contribution in [2.75, 3.05) is 7.11 Å². The van der Waals surface area contributed by atoms with Gasteiger partial charge < -0.3 is 9.47 Å². The molecule has 0 aromatic heterocycles. The van der Waals surface area contributed by atoms with Crippen molar-refractivity contribution in [2.45, 2.75) is 51.9 Å². The minimum atomic E-state index is -0.688. The van der Waals surface area contributed by atoms with Crippen LogP contribution in [0.15, 0.2) is 18.2 Å². The largest absolute Gasteiger partial charge is 0.469 e. The van der Waals surface area contributed by atoms with Crippen LogP contribution in [-0.4, -0.2) is 24.8 Å². The molecule has 0 heterocycles. The first-order chi connectivity index (χ1) is 11.7. The molecule has 0 aliphatic heterocycles. The van der Waals surface area contributed by atoms with Crippen molar-refractivity contribution in [3.8, 4) is 5.75 Å². The summed E-state index contributed by atoms with van der Waals surface area (Å²) < 4.78 is 10.3. The van der Waals surface area contributed by atoms with E-state index in [2.05, 4.69) is 6.92 Å². The smallest absolute Gasteiger partial charge is 0.311 e. The third-order valence-corrected chi connectivity index (χ3v) is 6.14. The molecule has 3 atom stereocenters. The molecule has 3 rings (SSSR count). The Morgan fingerprint density at radius 1 is 1.20 bits per heavy atom. The maximum absolute atomic E-state index is 12.8. The van der Waals surface area contributed by atoms with Crippen LogP contribution < -0.4 is 4.74 Å². The topological polar surface area (TPSA) is 69.7 Å². The fourth-order valence-electron chi connectivity index (χ4n) is 4.89. The van der Waals surface area contributed by atoms with Crippen LogP contribution in [0.4, 0.5) is 0 Å². The molecule has 0 spiro atoms. The van der Waals surface area contributed by atoms with Gasteiger partial charge in [0.1, 0.15) is 5.75 Å². The van der Waals surface area contributed by atoms with E-state index in [1.54, 1.807) is 18.2 Å². The second-order valence-corrected chi connectivity index (χ2v) is 7.66. The summed E-state index contributed by atoms with van der Waals surface area (Å²) in [6.07, 6.45) is 2.81. The molecule has 2 aliphatic carbocycles. The summed E-state index contributed by atoms with van der Waals surface area (Å²) in [6, 6.07) is 5.19. The Balaban J connectivity index is 2.13. The number of esters is 2. The fourth-order valence-corrected chi connectivity index (χ4v) is 4.89. The standard InChI is InChI=1S/C20H24O5/c1-12(21)25-13-6-7-14-15(10-13)19(2)8-5-9-20(3,18(23)24-4)17(19)11-16(14)22/h6-7,10,17H,5,8-9,11H2,1-4H3/t17-,19-,20+/m1/s1. The Morgan fingerprint density at radius 3 is 2.56 bits per heavy atom. The van der Waals surface area contributed by atoms with Crippen LogP contribution in [0.25, 0.3) is 0 Å². The van der Waals surface area contributed by atoms with Gasteiger partial charge in [-0.05, 0) is 54.9 Å². The molecule has 1 fully saturated rings. The zero-order chi connectivity index (χ0) is 18.4. The van der Waals surface area contributed by atoms with Gasteiger partial charge >= 0.3 is 11.9 Å². The van der Waals surface area contributed by atoms with Gasteiger partial charge in [-0.15, -0.1) is 0 Å². The Kier molecular flexibility index (Phi) is 4.21. The highest BCUT2D eigenvalue weighted by molar-refractivity contribution is 6.00. The third-order valence-electron chi connectivity index (χ3n) is 6.14. The minimum absolute atomic E-state index is 0.0314. The molecular weight excluding hydrogens is 320 g/mol. The number of hydrogen-bond donors (Lipinski definition) is 0. The highest BCUT2D eigenvalue weighted by atomic mass is 16.5. The molecule has 25 heavy (non-hydrogen) atoms. The van der Waals surface area contributed by atoms with E-state index in [-0.39, 0.29) is 23.1 Å². The maximum Gasteiger partial charge on any atom is 0.311 e. The first-order valence-electron chi connectivity index (χ1n) is 8.67. The molecule has 0 saturated heterocycles. The molecule has 0 radical (unpaired) electrons. The summed E-state index contributed by atoms with van der Waals surface area (Å²) in [5.41, 5.74) is 0.527. The monoisotopic (exact) mass is 344 g/mol. The molecule has 0 unspecified atom stereocenters. The number of ether oxygens (including phenoxy) is 2. The molecule has 1 saturated carbocycles. The van der Waals surface area contributed by atoms with Crippen molar-refractivity contribution in [1.29, 1.82) is 0 Å². The van der Waals surface area contributed by atoms with Gasteiger partial charge in [-0.2, -0.15) is 0 Å². The lowest BCUT2D eigenvalue weighted by molar-refractivity contribution is -0.160.